The zero-order chi connectivity index (χ0) is 13.8. The normalized spacial score (nSPS) is 12.4. The number of benzene rings is 2. The minimum absolute atomic E-state index is 0.156. The number of hydrogen-bond acceptors (Lipinski definition) is 2. The van der Waals surface area contributed by atoms with Crippen LogP contribution in [0.1, 0.15) is 17.2 Å². The van der Waals surface area contributed by atoms with Crippen molar-refractivity contribution >= 4 is 23.2 Å². The van der Waals surface area contributed by atoms with Crippen molar-refractivity contribution in [2.75, 3.05) is 0 Å². The molecule has 2 rings (SSSR count). The highest BCUT2D eigenvalue weighted by atomic mass is 35.5. The Morgan fingerprint density at radius 2 is 1.89 bits per heavy atom. The third kappa shape index (κ3) is 3.67. The molecule has 0 saturated carbocycles. The van der Waals surface area contributed by atoms with E-state index in [9.17, 15) is 4.39 Å². The lowest BCUT2D eigenvalue weighted by atomic mass is 9.99. The van der Waals surface area contributed by atoms with Gasteiger partial charge < -0.3 is 0 Å². The van der Waals surface area contributed by atoms with Gasteiger partial charge in [0.15, 0.2) is 0 Å². The maximum atomic E-state index is 13.2. The van der Waals surface area contributed by atoms with E-state index in [0.717, 1.165) is 11.1 Å². The van der Waals surface area contributed by atoms with Crippen LogP contribution in [0.5, 0.6) is 0 Å². The van der Waals surface area contributed by atoms with E-state index in [0.29, 0.717) is 16.5 Å². The molecule has 0 aliphatic rings. The van der Waals surface area contributed by atoms with Crippen LogP contribution in [0.4, 0.5) is 4.39 Å². The van der Waals surface area contributed by atoms with Gasteiger partial charge in [0.05, 0.1) is 16.1 Å². The maximum absolute atomic E-state index is 13.2. The zero-order valence-corrected chi connectivity index (χ0v) is 11.5. The molecular weight excluding hydrogens is 286 g/mol. The summed E-state index contributed by atoms with van der Waals surface area (Å²) in [5.41, 5.74) is 4.47. The van der Waals surface area contributed by atoms with Crippen molar-refractivity contribution in [1.82, 2.24) is 5.43 Å². The summed E-state index contributed by atoms with van der Waals surface area (Å²) in [5.74, 6) is 5.30. The van der Waals surface area contributed by atoms with Gasteiger partial charge >= 0.3 is 0 Å². The van der Waals surface area contributed by atoms with Gasteiger partial charge in [0.2, 0.25) is 0 Å². The van der Waals surface area contributed by atoms with Crippen molar-refractivity contribution in [3.63, 3.8) is 0 Å². The molecule has 0 aliphatic carbocycles. The molecule has 0 spiro atoms. The molecule has 0 heterocycles. The molecule has 1 atom stereocenters. The van der Waals surface area contributed by atoms with Crippen molar-refractivity contribution in [3.8, 4) is 0 Å². The van der Waals surface area contributed by atoms with Gasteiger partial charge in [-0.15, -0.1) is 0 Å². The summed E-state index contributed by atoms with van der Waals surface area (Å²) in [7, 11) is 0. The molecule has 3 N–H and O–H groups in total. The van der Waals surface area contributed by atoms with E-state index in [1.54, 1.807) is 18.2 Å². The smallest absolute Gasteiger partial charge is 0.123 e. The van der Waals surface area contributed by atoms with E-state index < -0.39 is 0 Å². The number of nitrogens with two attached hydrogens (primary N) is 1. The average molecular weight is 299 g/mol. The second-order valence-electron chi connectivity index (χ2n) is 4.23. The number of nitrogens with one attached hydrogen (secondary N) is 1. The topological polar surface area (TPSA) is 38.0 Å². The van der Waals surface area contributed by atoms with Crippen LogP contribution in [0, 0.1) is 5.82 Å². The highest BCUT2D eigenvalue weighted by Gasteiger charge is 2.12. The Hall–Kier alpha value is -1.13. The third-order valence-electron chi connectivity index (χ3n) is 2.88. The molecule has 100 valence electrons. The van der Waals surface area contributed by atoms with E-state index in [1.165, 1.54) is 12.1 Å². The number of hydrogen-bond donors (Lipinski definition) is 2. The van der Waals surface area contributed by atoms with Gasteiger partial charge in [-0.1, -0.05) is 41.4 Å². The second-order valence-corrected chi connectivity index (χ2v) is 5.04. The van der Waals surface area contributed by atoms with Crippen LogP contribution in [0.2, 0.25) is 10.0 Å². The van der Waals surface area contributed by atoms with Gasteiger partial charge in [-0.2, -0.15) is 0 Å². The summed E-state index contributed by atoms with van der Waals surface area (Å²) in [6.45, 7) is 0. The molecule has 0 amide bonds. The first kappa shape index (κ1) is 14.3. The van der Waals surface area contributed by atoms with E-state index in [2.05, 4.69) is 5.43 Å². The number of hydrazine groups is 1. The largest absolute Gasteiger partial charge is 0.271 e. The molecule has 0 bridgehead atoms. The molecule has 0 aromatic heterocycles. The SMILES string of the molecule is NNC(Cc1cccc(F)c1)c1ccc(Cl)c(Cl)c1. The summed E-state index contributed by atoms with van der Waals surface area (Å²) < 4.78 is 13.2. The van der Waals surface area contributed by atoms with Gasteiger partial charge in [-0.05, 0) is 41.8 Å². The Morgan fingerprint density at radius 3 is 2.53 bits per heavy atom. The van der Waals surface area contributed by atoms with Crippen LogP contribution in [0.3, 0.4) is 0 Å². The van der Waals surface area contributed by atoms with Gasteiger partial charge in [0.25, 0.3) is 0 Å². The van der Waals surface area contributed by atoms with E-state index in [4.69, 9.17) is 29.0 Å². The fourth-order valence-electron chi connectivity index (χ4n) is 1.90. The average Bonchev–Trinajstić information content (AvgIpc) is 2.39. The molecule has 0 radical (unpaired) electrons. The summed E-state index contributed by atoms with van der Waals surface area (Å²) >= 11 is 11.9. The fraction of sp³-hybridized carbons (Fsp3) is 0.143. The van der Waals surface area contributed by atoms with E-state index in [-0.39, 0.29) is 11.9 Å². The lowest BCUT2D eigenvalue weighted by Crippen LogP contribution is -2.29. The quantitative estimate of drug-likeness (QED) is 0.664. The first-order valence-electron chi connectivity index (χ1n) is 5.75. The monoisotopic (exact) mass is 298 g/mol. The van der Waals surface area contributed by atoms with Gasteiger partial charge in [0, 0.05) is 0 Å². The first-order valence-corrected chi connectivity index (χ1v) is 6.51. The second kappa shape index (κ2) is 6.35. The zero-order valence-electron chi connectivity index (χ0n) is 10.0. The molecule has 0 aliphatic heterocycles. The summed E-state index contributed by atoms with van der Waals surface area (Å²) in [5, 5.41) is 0.964. The van der Waals surface area contributed by atoms with Crippen LogP contribution < -0.4 is 11.3 Å². The molecule has 2 aromatic rings. The molecule has 0 fully saturated rings. The fourth-order valence-corrected chi connectivity index (χ4v) is 2.21. The number of halogens is 3. The minimum atomic E-state index is -0.262. The predicted molar refractivity (Wildman–Crippen MR) is 76.6 cm³/mol. The lowest BCUT2D eigenvalue weighted by molar-refractivity contribution is 0.548. The van der Waals surface area contributed by atoms with Crippen LogP contribution in [-0.2, 0) is 6.42 Å². The van der Waals surface area contributed by atoms with Crippen molar-refractivity contribution in [3.05, 3.63) is 69.5 Å². The predicted octanol–water partition coefficient (Wildman–Crippen LogP) is 3.88. The highest BCUT2D eigenvalue weighted by molar-refractivity contribution is 6.42. The molecule has 1 unspecified atom stereocenters. The van der Waals surface area contributed by atoms with Crippen LogP contribution in [0.15, 0.2) is 42.5 Å². The molecule has 19 heavy (non-hydrogen) atoms. The number of rotatable bonds is 4. The molecule has 5 heteroatoms. The first-order chi connectivity index (χ1) is 9.10. The Morgan fingerprint density at radius 1 is 1.11 bits per heavy atom. The minimum Gasteiger partial charge on any atom is -0.271 e. The Balaban J connectivity index is 2.22. The summed E-state index contributed by atoms with van der Waals surface area (Å²) in [4.78, 5) is 0. The maximum Gasteiger partial charge on any atom is 0.123 e. The van der Waals surface area contributed by atoms with Gasteiger partial charge in [-0.3, -0.25) is 11.3 Å². The Kier molecular flexibility index (Phi) is 4.77. The molecule has 0 saturated heterocycles. The summed E-state index contributed by atoms with van der Waals surface area (Å²) in [6, 6.07) is 11.6. The van der Waals surface area contributed by atoms with E-state index in [1.807, 2.05) is 12.1 Å². The molecule has 2 aromatic carbocycles. The lowest BCUT2D eigenvalue weighted by Gasteiger charge is -2.17. The van der Waals surface area contributed by atoms with Gasteiger partial charge in [-0.25, -0.2) is 4.39 Å². The third-order valence-corrected chi connectivity index (χ3v) is 3.62. The Labute approximate surface area is 121 Å². The summed E-state index contributed by atoms with van der Waals surface area (Å²) in [6.07, 6.45) is 0.562. The standard InChI is InChI=1S/C14H13Cl2FN2/c15-12-5-4-10(8-13(12)16)14(19-18)7-9-2-1-3-11(17)6-9/h1-6,8,14,19H,7,18H2. The van der Waals surface area contributed by atoms with Crippen LogP contribution in [-0.4, -0.2) is 0 Å². The highest BCUT2D eigenvalue weighted by Crippen LogP contribution is 2.27. The molecule has 2 nitrogen and oxygen atoms in total. The van der Waals surface area contributed by atoms with E-state index >= 15 is 0 Å². The van der Waals surface area contributed by atoms with Crippen molar-refractivity contribution in [1.29, 1.82) is 0 Å². The molecular formula is C14H13Cl2FN2. The Bertz CT molecular complexity index is 575. The van der Waals surface area contributed by atoms with Crippen molar-refractivity contribution < 1.29 is 4.39 Å². The van der Waals surface area contributed by atoms with Crippen molar-refractivity contribution in [2.45, 2.75) is 12.5 Å². The van der Waals surface area contributed by atoms with Gasteiger partial charge in [0.1, 0.15) is 5.82 Å². The van der Waals surface area contributed by atoms with Crippen LogP contribution in [0.25, 0.3) is 0 Å². The van der Waals surface area contributed by atoms with Crippen LogP contribution >= 0.6 is 23.2 Å². The van der Waals surface area contributed by atoms with Crippen molar-refractivity contribution in [2.24, 2.45) is 5.84 Å².